The van der Waals surface area contributed by atoms with E-state index in [0.29, 0.717) is 9.88 Å². The SMILES string of the molecule is CC(=O)c1nc(-c2ccc(C#N)s2)cs1. The average Bonchev–Trinajstić information content (AvgIpc) is 2.86. The predicted octanol–water partition coefficient (Wildman–Crippen LogP) is 2.95. The molecule has 0 saturated carbocycles. The summed E-state index contributed by atoms with van der Waals surface area (Å²) >= 11 is 2.72. The molecule has 0 unspecified atom stereocenters. The molecule has 0 N–H and O–H groups in total. The van der Waals surface area contributed by atoms with E-state index in [0.717, 1.165) is 10.6 Å². The van der Waals surface area contributed by atoms with Crippen LogP contribution in [0.5, 0.6) is 0 Å². The van der Waals surface area contributed by atoms with Crippen molar-refractivity contribution in [3.63, 3.8) is 0 Å². The Bertz CT molecular complexity index is 548. The lowest BCUT2D eigenvalue weighted by atomic mass is 10.3. The van der Waals surface area contributed by atoms with E-state index in [1.807, 2.05) is 11.4 Å². The maximum atomic E-state index is 11.1. The van der Waals surface area contributed by atoms with Crippen molar-refractivity contribution in [3.8, 4) is 16.6 Å². The zero-order valence-corrected chi connectivity index (χ0v) is 9.48. The Labute approximate surface area is 94.6 Å². The van der Waals surface area contributed by atoms with E-state index >= 15 is 0 Å². The highest BCUT2D eigenvalue weighted by Crippen LogP contribution is 2.28. The number of rotatable bonds is 2. The van der Waals surface area contributed by atoms with E-state index in [-0.39, 0.29) is 5.78 Å². The molecule has 74 valence electrons. The lowest BCUT2D eigenvalue weighted by molar-refractivity contribution is 0.101. The molecule has 0 aromatic carbocycles. The van der Waals surface area contributed by atoms with Crippen LogP contribution in [0.4, 0.5) is 0 Å². The van der Waals surface area contributed by atoms with Gasteiger partial charge in [-0.25, -0.2) is 4.98 Å². The maximum Gasteiger partial charge on any atom is 0.188 e. The average molecular weight is 234 g/mol. The minimum absolute atomic E-state index is 0.0247. The van der Waals surface area contributed by atoms with Crippen LogP contribution < -0.4 is 0 Å². The molecule has 0 spiro atoms. The number of carbonyl (C=O) groups excluding carboxylic acids is 1. The highest BCUT2D eigenvalue weighted by molar-refractivity contribution is 7.16. The number of thiazole rings is 1. The van der Waals surface area contributed by atoms with Gasteiger partial charge in [-0.05, 0) is 12.1 Å². The molecule has 0 aliphatic rings. The van der Waals surface area contributed by atoms with E-state index in [4.69, 9.17) is 5.26 Å². The van der Waals surface area contributed by atoms with Crippen LogP contribution >= 0.6 is 22.7 Å². The number of aromatic nitrogens is 1. The molecule has 0 aliphatic heterocycles. The normalized spacial score (nSPS) is 9.87. The molecule has 0 atom stereocenters. The topological polar surface area (TPSA) is 53.8 Å². The van der Waals surface area contributed by atoms with E-state index in [2.05, 4.69) is 11.1 Å². The predicted molar refractivity (Wildman–Crippen MR) is 60.1 cm³/mol. The minimum Gasteiger partial charge on any atom is -0.292 e. The Morgan fingerprint density at radius 3 is 2.87 bits per heavy atom. The van der Waals surface area contributed by atoms with Gasteiger partial charge in [-0.15, -0.1) is 22.7 Å². The van der Waals surface area contributed by atoms with Gasteiger partial charge >= 0.3 is 0 Å². The van der Waals surface area contributed by atoms with Crippen molar-refractivity contribution < 1.29 is 4.79 Å². The first kappa shape index (κ1) is 10.0. The van der Waals surface area contributed by atoms with Crippen molar-refractivity contribution in [2.45, 2.75) is 6.92 Å². The molecule has 2 aromatic heterocycles. The largest absolute Gasteiger partial charge is 0.292 e. The number of hydrogen-bond acceptors (Lipinski definition) is 5. The third kappa shape index (κ3) is 1.96. The molecule has 0 bridgehead atoms. The van der Waals surface area contributed by atoms with Crippen LogP contribution in [0.1, 0.15) is 21.6 Å². The fourth-order valence-electron chi connectivity index (χ4n) is 1.08. The van der Waals surface area contributed by atoms with Gasteiger partial charge in [0.25, 0.3) is 0 Å². The molecule has 15 heavy (non-hydrogen) atoms. The third-order valence-corrected chi connectivity index (χ3v) is 3.73. The highest BCUT2D eigenvalue weighted by Gasteiger charge is 2.09. The zero-order valence-electron chi connectivity index (χ0n) is 7.85. The van der Waals surface area contributed by atoms with Gasteiger partial charge in [0, 0.05) is 12.3 Å². The molecule has 2 aromatic rings. The van der Waals surface area contributed by atoms with Gasteiger partial charge in [-0.3, -0.25) is 4.79 Å². The summed E-state index contributed by atoms with van der Waals surface area (Å²) in [4.78, 5) is 16.8. The molecular formula is C10H6N2OS2. The van der Waals surface area contributed by atoms with Gasteiger partial charge in [0.1, 0.15) is 10.9 Å². The molecule has 0 fully saturated rings. The number of Topliss-reactive ketones (excluding diaryl/α,β-unsaturated/α-hetero) is 1. The van der Waals surface area contributed by atoms with Crippen molar-refractivity contribution in [3.05, 3.63) is 27.4 Å². The Kier molecular flexibility index (Phi) is 2.62. The summed E-state index contributed by atoms with van der Waals surface area (Å²) in [7, 11) is 0. The molecule has 0 radical (unpaired) electrons. The van der Waals surface area contributed by atoms with Crippen LogP contribution in [-0.2, 0) is 0 Å². The molecule has 2 heterocycles. The standard InChI is InChI=1S/C10H6N2OS2/c1-6(13)10-12-8(5-14-10)9-3-2-7(4-11)15-9/h2-3,5H,1H3. The second-order valence-corrected chi connectivity index (χ2v) is 4.81. The van der Waals surface area contributed by atoms with Crippen molar-refractivity contribution in [2.75, 3.05) is 0 Å². The molecule has 3 nitrogen and oxygen atoms in total. The lowest BCUT2D eigenvalue weighted by Gasteiger charge is -1.86. The Morgan fingerprint density at radius 2 is 2.33 bits per heavy atom. The van der Waals surface area contributed by atoms with Crippen molar-refractivity contribution >= 4 is 28.5 Å². The third-order valence-electron chi connectivity index (χ3n) is 1.77. The van der Waals surface area contributed by atoms with Gasteiger partial charge < -0.3 is 0 Å². The quantitative estimate of drug-likeness (QED) is 0.751. The zero-order chi connectivity index (χ0) is 10.8. The first-order valence-electron chi connectivity index (χ1n) is 4.17. The number of carbonyl (C=O) groups is 1. The van der Waals surface area contributed by atoms with E-state index in [9.17, 15) is 4.79 Å². The number of nitrogens with zero attached hydrogens (tertiary/aromatic N) is 2. The number of hydrogen-bond donors (Lipinski definition) is 0. The smallest absolute Gasteiger partial charge is 0.188 e. The van der Waals surface area contributed by atoms with Crippen LogP contribution in [0.3, 0.4) is 0 Å². The van der Waals surface area contributed by atoms with Crippen molar-refractivity contribution in [1.82, 2.24) is 4.98 Å². The summed E-state index contributed by atoms with van der Waals surface area (Å²) in [5.41, 5.74) is 0.775. The van der Waals surface area contributed by atoms with Gasteiger partial charge in [-0.2, -0.15) is 5.26 Å². The molecule has 5 heteroatoms. The van der Waals surface area contributed by atoms with E-state index < -0.39 is 0 Å². The lowest BCUT2D eigenvalue weighted by Crippen LogP contribution is -1.89. The first-order valence-corrected chi connectivity index (χ1v) is 5.87. The Hall–Kier alpha value is -1.51. The summed E-state index contributed by atoms with van der Waals surface area (Å²) < 4.78 is 0. The second kappa shape index (κ2) is 3.93. The fourth-order valence-corrected chi connectivity index (χ4v) is 2.64. The molecule has 0 aliphatic carbocycles. The molecule has 2 rings (SSSR count). The Morgan fingerprint density at radius 1 is 1.53 bits per heavy atom. The monoisotopic (exact) mass is 234 g/mol. The molecular weight excluding hydrogens is 228 g/mol. The van der Waals surface area contributed by atoms with Crippen molar-refractivity contribution in [2.24, 2.45) is 0 Å². The first-order chi connectivity index (χ1) is 7.20. The van der Waals surface area contributed by atoms with Crippen LogP contribution in [0, 0.1) is 11.3 Å². The highest BCUT2D eigenvalue weighted by atomic mass is 32.1. The van der Waals surface area contributed by atoms with E-state index in [1.165, 1.54) is 29.6 Å². The second-order valence-electron chi connectivity index (χ2n) is 2.87. The van der Waals surface area contributed by atoms with Gasteiger partial charge in [0.05, 0.1) is 10.6 Å². The maximum absolute atomic E-state index is 11.1. The Balaban J connectivity index is 2.38. The molecule has 0 saturated heterocycles. The number of nitriles is 1. The number of ketones is 1. The summed E-state index contributed by atoms with van der Waals surface area (Å²) in [6.45, 7) is 1.50. The summed E-state index contributed by atoms with van der Waals surface area (Å²) in [6.07, 6.45) is 0. The van der Waals surface area contributed by atoms with Crippen LogP contribution in [0.2, 0.25) is 0 Å². The van der Waals surface area contributed by atoms with Gasteiger partial charge in [0.15, 0.2) is 10.8 Å². The van der Waals surface area contributed by atoms with Crippen molar-refractivity contribution in [1.29, 1.82) is 5.26 Å². The van der Waals surface area contributed by atoms with Gasteiger partial charge in [-0.1, -0.05) is 0 Å². The summed E-state index contributed by atoms with van der Waals surface area (Å²) in [5, 5.41) is 11.0. The van der Waals surface area contributed by atoms with Crippen LogP contribution in [-0.4, -0.2) is 10.8 Å². The van der Waals surface area contributed by atoms with E-state index in [1.54, 1.807) is 6.07 Å². The van der Waals surface area contributed by atoms with Crippen LogP contribution in [0.25, 0.3) is 10.6 Å². The summed E-state index contributed by atoms with van der Waals surface area (Å²) in [5.74, 6) is -0.0247. The molecule has 0 amide bonds. The van der Waals surface area contributed by atoms with Gasteiger partial charge in [0.2, 0.25) is 0 Å². The minimum atomic E-state index is -0.0247. The fraction of sp³-hybridized carbons (Fsp3) is 0.100. The number of thiophene rings is 1. The van der Waals surface area contributed by atoms with Crippen LogP contribution in [0.15, 0.2) is 17.5 Å². The summed E-state index contributed by atoms with van der Waals surface area (Å²) in [6, 6.07) is 5.68.